The molecule has 0 bridgehead atoms. The topological polar surface area (TPSA) is 81.4 Å². The lowest BCUT2D eigenvalue weighted by atomic mass is 10.2. The number of halogens is 1. The maximum Gasteiger partial charge on any atom is 0.360 e. The Kier molecular flexibility index (Phi) is 4.28. The summed E-state index contributed by atoms with van der Waals surface area (Å²) in [6.45, 7) is 3.59. The molecule has 0 aliphatic heterocycles. The molecule has 0 aliphatic carbocycles. The van der Waals surface area contributed by atoms with Gasteiger partial charge in [0.25, 0.3) is 0 Å². The van der Waals surface area contributed by atoms with Gasteiger partial charge in [-0.05, 0) is 32.0 Å². The normalized spacial score (nSPS) is 10.4. The predicted octanol–water partition coefficient (Wildman–Crippen LogP) is 2.71. The number of carbonyl (C=O) groups is 2. The lowest BCUT2D eigenvalue weighted by Gasteiger charge is -2.05. The Morgan fingerprint density at radius 3 is 2.76 bits per heavy atom. The van der Waals surface area contributed by atoms with Gasteiger partial charge < -0.3 is 9.84 Å². The number of aromatic carboxylic acids is 1. The van der Waals surface area contributed by atoms with E-state index in [1.54, 1.807) is 26.0 Å². The number of nitrogens with zero attached hydrogens (tertiary/aromatic N) is 2. The van der Waals surface area contributed by atoms with Crippen molar-refractivity contribution < 1.29 is 19.4 Å². The second-order valence-corrected chi connectivity index (χ2v) is 4.61. The molecule has 0 amide bonds. The van der Waals surface area contributed by atoms with Crippen molar-refractivity contribution in [3.8, 4) is 5.69 Å². The van der Waals surface area contributed by atoms with Crippen molar-refractivity contribution in [2.75, 3.05) is 6.61 Å². The summed E-state index contributed by atoms with van der Waals surface area (Å²) in [6, 6.07) is 6.20. The quantitative estimate of drug-likeness (QED) is 0.878. The number of hydrogen-bond acceptors (Lipinski definition) is 4. The third-order valence-corrected chi connectivity index (χ3v) is 3.30. The maximum absolute atomic E-state index is 11.8. The minimum Gasteiger partial charge on any atom is -0.478 e. The molecule has 2 rings (SSSR count). The molecule has 7 heteroatoms. The van der Waals surface area contributed by atoms with Crippen LogP contribution < -0.4 is 0 Å². The smallest absolute Gasteiger partial charge is 0.360 e. The molecular weight excluding hydrogens is 296 g/mol. The van der Waals surface area contributed by atoms with Gasteiger partial charge in [0, 0.05) is 0 Å². The lowest BCUT2D eigenvalue weighted by molar-refractivity contribution is 0.0518. The van der Waals surface area contributed by atoms with Crippen LogP contribution in [0.1, 0.15) is 33.5 Å². The maximum atomic E-state index is 11.8. The summed E-state index contributed by atoms with van der Waals surface area (Å²) in [5.41, 5.74) is 1.17. The molecule has 0 fully saturated rings. The zero-order chi connectivity index (χ0) is 15.6. The van der Waals surface area contributed by atoms with E-state index in [0.717, 1.165) is 0 Å². The average Bonchev–Trinajstić information content (AvgIpc) is 2.76. The first kappa shape index (κ1) is 15.1. The Hall–Kier alpha value is -2.34. The van der Waals surface area contributed by atoms with E-state index in [-0.39, 0.29) is 22.9 Å². The summed E-state index contributed by atoms with van der Waals surface area (Å²) in [6.07, 6.45) is 0. The first-order valence-corrected chi connectivity index (χ1v) is 6.59. The van der Waals surface area contributed by atoms with Gasteiger partial charge in [0.2, 0.25) is 0 Å². The SMILES string of the molecule is CCOC(=O)c1nn(-c2cccc(C(=O)O)c2)c(C)c1Cl. The fraction of sp³-hybridized carbons (Fsp3) is 0.214. The Balaban J connectivity index is 2.50. The van der Waals surface area contributed by atoms with Crippen LogP contribution in [0.5, 0.6) is 0 Å². The monoisotopic (exact) mass is 308 g/mol. The molecule has 0 saturated carbocycles. The molecule has 0 radical (unpaired) electrons. The lowest BCUT2D eigenvalue weighted by Crippen LogP contribution is -2.07. The molecule has 2 aromatic rings. The van der Waals surface area contributed by atoms with Crippen molar-refractivity contribution in [1.29, 1.82) is 0 Å². The van der Waals surface area contributed by atoms with Crippen LogP contribution in [0.2, 0.25) is 5.02 Å². The molecule has 6 nitrogen and oxygen atoms in total. The molecule has 0 saturated heterocycles. The summed E-state index contributed by atoms with van der Waals surface area (Å²) in [5.74, 6) is -1.66. The molecule has 21 heavy (non-hydrogen) atoms. The summed E-state index contributed by atoms with van der Waals surface area (Å²) in [7, 11) is 0. The highest BCUT2D eigenvalue weighted by Crippen LogP contribution is 2.24. The van der Waals surface area contributed by atoms with Gasteiger partial charge in [-0.15, -0.1) is 0 Å². The van der Waals surface area contributed by atoms with Crippen LogP contribution in [0.15, 0.2) is 24.3 Å². The van der Waals surface area contributed by atoms with Crippen molar-refractivity contribution in [2.45, 2.75) is 13.8 Å². The molecule has 1 aromatic carbocycles. The van der Waals surface area contributed by atoms with Gasteiger partial charge in [-0.25, -0.2) is 14.3 Å². The molecular formula is C14H13ClN2O4. The zero-order valence-electron chi connectivity index (χ0n) is 11.5. The number of aromatic nitrogens is 2. The van der Waals surface area contributed by atoms with E-state index < -0.39 is 11.9 Å². The van der Waals surface area contributed by atoms with Gasteiger partial charge in [-0.3, -0.25) is 0 Å². The molecule has 110 valence electrons. The van der Waals surface area contributed by atoms with E-state index in [0.29, 0.717) is 11.4 Å². The molecule has 0 unspecified atom stereocenters. The highest BCUT2D eigenvalue weighted by molar-refractivity contribution is 6.34. The van der Waals surface area contributed by atoms with Crippen molar-refractivity contribution >= 4 is 23.5 Å². The highest BCUT2D eigenvalue weighted by Gasteiger charge is 2.21. The molecule has 1 aromatic heterocycles. The first-order valence-electron chi connectivity index (χ1n) is 6.21. The standard InChI is InChI=1S/C14H13ClN2O4/c1-3-21-14(20)12-11(15)8(2)17(16-12)10-6-4-5-9(7-10)13(18)19/h4-7H,3H2,1-2H3,(H,18,19). The number of benzene rings is 1. The van der Waals surface area contributed by atoms with Crippen molar-refractivity contribution in [2.24, 2.45) is 0 Å². The van der Waals surface area contributed by atoms with E-state index in [4.69, 9.17) is 21.4 Å². The number of carboxylic acids is 1. The van der Waals surface area contributed by atoms with Gasteiger partial charge in [0.15, 0.2) is 5.69 Å². The molecule has 0 aliphatic rings. The second kappa shape index (κ2) is 5.97. The van der Waals surface area contributed by atoms with Gasteiger partial charge in [0.1, 0.15) is 0 Å². The van der Waals surface area contributed by atoms with Gasteiger partial charge in [-0.2, -0.15) is 5.10 Å². The molecule has 1 heterocycles. The van der Waals surface area contributed by atoms with E-state index in [2.05, 4.69) is 5.10 Å². The summed E-state index contributed by atoms with van der Waals surface area (Å²) >= 11 is 6.10. The molecule has 0 atom stereocenters. The van der Waals surface area contributed by atoms with Crippen LogP contribution in [0, 0.1) is 6.92 Å². The molecule has 0 spiro atoms. The van der Waals surface area contributed by atoms with E-state index in [9.17, 15) is 9.59 Å². The van der Waals surface area contributed by atoms with Crippen LogP contribution in [0.4, 0.5) is 0 Å². The van der Waals surface area contributed by atoms with Gasteiger partial charge >= 0.3 is 11.9 Å². The predicted molar refractivity (Wildman–Crippen MR) is 76.2 cm³/mol. The minimum atomic E-state index is -1.04. The van der Waals surface area contributed by atoms with Crippen molar-refractivity contribution in [3.63, 3.8) is 0 Å². The van der Waals surface area contributed by atoms with Crippen molar-refractivity contribution in [3.05, 3.63) is 46.2 Å². The number of carbonyl (C=O) groups excluding carboxylic acids is 1. The Morgan fingerprint density at radius 1 is 1.43 bits per heavy atom. The highest BCUT2D eigenvalue weighted by atomic mass is 35.5. The Morgan fingerprint density at radius 2 is 2.14 bits per heavy atom. The summed E-state index contributed by atoms with van der Waals surface area (Å²) in [4.78, 5) is 22.8. The van der Waals surface area contributed by atoms with Crippen LogP contribution in [-0.2, 0) is 4.74 Å². The Labute approximate surface area is 125 Å². The number of ether oxygens (including phenoxy) is 1. The zero-order valence-corrected chi connectivity index (χ0v) is 12.2. The van der Waals surface area contributed by atoms with E-state index >= 15 is 0 Å². The average molecular weight is 309 g/mol. The van der Waals surface area contributed by atoms with Gasteiger partial charge in [-0.1, -0.05) is 17.7 Å². The largest absolute Gasteiger partial charge is 0.478 e. The fourth-order valence-electron chi connectivity index (χ4n) is 1.84. The van der Waals surface area contributed by atoms with Crippen LogP contribution in [0.25, 0.3) is 5.69 Å². The number of carboxylic acid groups (broad SMARTS) is 1. The second-order valence-electron chi connectivity index (χ2n) is 4.24. The number of rotatable bonds is 4. The fourth-order valence-corrected chi connectivity index (χ4v) is 2.03. The number of hydrogen-bond donors (Lipinski definition) is 1. The minimum absolute atomic E-state index is 0.0109. The third kappa shape index (κ3) is 2.90. The van der Waals surface area contributed by atoms with Crippen molar-refractivity contribution in [1.82, 2.24) is 9.78 Å². The third-order valence-electron chi connectivity index (χ3n) is 2.85. The van der Waals surface area contributed by atoms with Crippen LogP contribution in [-0.4, -0.2) is 33.4 Å². The van der Waals surface area contributed by atoms with Crippen LogP contribution in [0.3, 0.4) is 0 Å². The van der Waals surface area contributed by atoms with Crippen LogP contribution >= 0.6 is 11.6 Å². The Bertz CT molecular complexity index is 709. The van der Waals surface area contributed by atoms with E-state index in [1.807, 2.05) is 0 Å². The molecule has 1 N–H and O–H groups in total. The van der Waals surface area contributed by atoms with Gasteiger partial charge in [0.05, 0.1) is 28.6 Å². The van der Waals surface area contributed by atoms with E-state index in [1.165, 1.54) is 16.8 Å². The first-order chi connectivity index (χ1) is 9.95. The summed E-state index contributed by atoms with van der Waals surface area (Å²) < 4.78 is 6.30. The number of esters is 1. The summed E-state index contributed by atoms with van der Waals surface area (Å²) in [5, 5.41) is 13.3.